The van der Waals surface area contributed by atoms with Crippen LogP contribution in [0.2, 0.25) is 0 Å². The standard InChI is InChI=1S/C16H14FNO/c1-19-16-7-5-13(6-8-16)14(11-18)9-12-3-2-4-15(17)10-12/h2-8,10,14H,9H2,1H3. The first-order valence-corrected chi connectivity index (χ1v) is 6.01. The van der Waals surface area contributed by atoms with Crippen molar-refractivity contribution in [1.82, 2.24) is 0 Å². The molecule has 2 aromatic rings. The average molecular weight is 255 g/mol. The van der Waals surface area contributed by atoms with Crippen LogP contribution in [0, 0.1) is 17.1 Å². The Morgan fingerprint density at radius 1 is 1.21 bits per heavy atom. The van der Waals surface area contributed by atoms with Crippen molar-refractivity contribution < 1.29 is 9.13 Å². The molecule has 0 amide bonds. The Morgan fingerprint density at radius 3 is 2.53 bits per heavy atom. The molecule has 0 bridgehead atoms. The molecular weight excluding hydrogens is 241 g/mol. The molecular formula is C16H14FNO. The van der Waals surface area contributed by atoms with Crippen molar-refractivity contribution in [1.29, 1.82) is 5.26 Å². The van der Waals surface area contributed by atoms with E-state index < -0.39 is 0 Å². The number of halogens is 1. The van der Waals surface area contributed by atoms with Crippen molar-refractivity contribution in [3.8, 4) is 11.8 Å². The number of nitrogens with zero attached hydrogens (tertiary/aromatic N) is 1. The first-order valence-electron chi connectivity index (χ1n) is 6.01. The largest absolute Gasteiger partial charge is 0.497 e. The third-order valence-electron chi connectivity index (χ3n) is 3.00. The summed E-state index contributed by atoms with van der Waals surface area (Å²) in [5.41, 5.74) is 1.73. The highest BCUT2D eigenvalue weighted by atomic mass is 19.1. The maximum atomic E-state index is 13.1. The molecule has 0 radical (unpaired) electrons. The van der Waals surface area contributed by atoms with Crippen LogP contribution in [-0.4, -0.2) is 7.11 Å². The molecule has 1 atom stereocenters. The van der Waals surface area contributed by atoms with Gasteiger partial charge in [-0.2, -0.15) is 5.26 Å². The molecule has 0 aliphatic rings. The number of benzene rings is 2. The Kier molecular flexibility index (Phi) is 4.15. The van der Waals surface area contributed by atoms with Crippen molar-refractivity contribution >= 4 is 0 Å². The van der Waals surface area contributed by atoms with Crippen molar-refractivity contribution in [2.24, 2.45) is 0 Å². The van der Waals surface area contributed by atoms with Gasteiger partial charge in [0.1, 0.15) is 11.6 Å². The van der Waals surface area contributed by atoms with E-state index in [4.69, 9.17) is 4.74 Å². The molecule has 96 valence electrons. The van der Waals surface area contributed by atoms with Crippen LogP contribution in [-0.2, 0) is 6.42 Å². The zero-order chi connectivity index (χ0) is 13.7. The Balaban J connectivity index is 2.18. The van der Waals surface area contributed by atoms with Gasteiger partial charge in [-0.25, -0.2) is 4.39 Å². The molecule has 0 saturated heterocycles. The summed E-state index contributed by atoms with van der Waals surface area (Å²) in [5.74, 6) is 0.197. The molecule has 0 fully saturated rings. The van der Waals surface area contributed by atoms with E-state index in [1.54, 1.807) is 13.2 Å². The van der Waals surface area contributed by atoms with Gasteiger partial charge in [0.05, 0.1) is 19.1 Å². The van der Waals surface area contributed by atoms with Gasteiger partial charge in [0, 0.05) is 0 Å². The fraction of sp³-hybridized carbons (Fsp3) is 0.188. The van der Waals surface area contributed by atoms with Gasteiger partial charge in [-0.1, -0.05) is 24.3 Å². The predicted molar refractivity (Wildman–Crippen MR) is 71.5 cm³/mol. The molecule has 3 heteroatoms. The van der Waals surface area contributed by atoms with Crippen LogP contribution in [0.1, 0.15) is 17.0 Å². The normalized spacial score (nSPS) is 11.6. The molecule has 0 aromatic heterocycles. The van der Waals surface area contributed by atoms with Gasteiger partial charge in [-0.15, -0.1) is 0 Å². The molecule has 0 aliphatic heterocycles. The second kappa shape index (κ2) is 6.01. The SMILES string of the molecule is COc1ccc(C(C#N)Cc2cccc(F)c2)cc1. The molecule has 0 spiro atoms. The zero-order valence-electron chi connectivity index (χ0n) is 10.6. The Bertz CT molecular complexity index is 586. The average Bonchev–Trinajstić information content (AvgIpc) is 2.45. The van der Waals surface area contributed by atoms with E-state index in [9.17, 15) is 9.65 Å². The third kappa shape index (κ3) is 3.32. The first-order chi connectivity index (χ1) is 9.22. The van der Waals surface area contributed by atoms with Gasteiger partial charge in [0.2, 0.25) is 0 Å². The lowest BCUT2D eigenvalue weighted by Gasteiger charge is -2.10. The quantitative estimate of drug-likeness (QED) is 0.834. The molecule has 19 heavy (non-hydrogen) atoms. The van der Waals surface area contributed by atoms with E-state index in [-0.39, 0.29) is 11.7 Å². The zero-order valence-corrected chi connectivity index (χ0v) is 10.6. The fourth-order valence-electron chi connectivity index (χ4n) is 1.97. The van der Waals surface area contributed by atoms with Crippen LogP contribution in [0.15, 0.2) is 48.5 Å². The molecule has 0 N–H and O–H groups in total. The van der Waals surface area contributed by atoms with Crippen LogP contribution in [0.25, 0.3) is 0 Å². The summed E-state index contributed by atoms with van der Waals surface area (Å²) in [6, 6.07) is 16.0. The van der Waals surface area contributed by atoms with Crippen LogP contribution in [0.4, 0.5) is 4.39 Å². The van der Waals surface area contributed by atoms with Crippen molar-refractivity contribution in [3.63, 3.8) is 0 Å². The van der Waals surface area contributed by atoms with Gasteiger partial charge in [0.15, 0.2) is 0 Å². The molecule has 2 aromatic carbocycles. The van der Waals surface area contributed by atoms with Crippen molar-refractivity contribution in [2.45, 2.75) is 12.3 Å². The highest BCUT2D eigenvalue weighted by Gasteiger charge is 2.12. The van der Waals surface area contributed by atoms with E-state index in [1.165, 1.54) is 12.1 Å². The summed E-state index contributed by atoms with van der Waals surface area (Å²) in [5, 5.41) is 9.26. The number of rotatable bonds is 4. The monoisotopic (exact) mass is 255 g/mol. The number of ether oxygens (including phenoxy) is 1. The maximum Gasteiger partial charge on any atom is 0.123 e. The summed E-state index contributed by atoms with van der Waals surface area (Å²) in [6.45, 7) is 0. The molecule has 2 rings (SSSR count). The second-order valence-electron chi connectivity index (χ2n) is 4.29. The number of hydrogen-bond donors (Lipinski definition) is 0. The molecule has 1 unspecified atom stereocenters. The topological polar surface area (TPSA) is 33.0 Å². The molecule has 0 saturated carbocycles. The van der Waals surface area contributed by atoms with E-state index in [1.807, 2.05) is 30.3 Å². The Labute approximate surface area is 112 Å². The van der Waals surface area contributed by atoms with Crippen LogP contribution in [0.3, 0.4) is 0 Å². The van der Waals surface area contributed by atoms with Gasteiger partial charge in [0.25, 0.3) is 0 Å². The summed E-state index contributed by atoms with van der Waals surface area (Å²) in [6.07, 6.45) is 0.501. The highest BCUT2D eigenvalue weighted by molar-refractivity contribution is 5.33. The minimum atomic E-state index is -0.285. The van der Waals surface area contributed by atoms with E-state index in [0.717, 1.165) is 16.9 Å². The van der Waals surface area contributed by atoms with Crippen molar-refractivity contribution in [2.75, 3.05) is 7.11 Å². The minimum absolute atomic E-state index is 0.274. The lowest BCUT2D eigenvalue weighted by molar-refractivity contribution is 0.414. The van der Waals surface area contributed by atoms with Crippen LogP contribution in [0.5, 0.6) is 5.75 Å². The fourth-order valence-corrected chi connectivity index (χ4v) is 1.97. The van der Waals surface area contributed by atoms with E-state index in [2.05, 4.69) is 6.07 Å². The predicted octanol–water partition coefficient (Wildman–Crippen LogP) is 3.68. The molecule has 0 aliphatic carbocycles. The van der Waals surface area contributed by atoms with Crippen LogP contribution < -0.4 is 4.74 Å². The van der Waals surface area contributed by atoms with Gasteiger partial charge < -0.3 is 4.74 Å². The van der Waals surface area contributed by atoms with Gasteiger partial charge in [-0.3, -0.25) is 0 Å². The summed E-state index contributed by atoms with van der Waals surface area (Å²) in [7, 11) is 1.60. The van der Waals surface area contributed by atoms with Gasteiger partial charge >= 0.3 is 0 Å². The summed E-state index contributed by atoms with van der Waals surface area (Å²) in [4.78, 5) is 0. The first kappa shape index (κ1) is 13.1. The van der Waals surface area contributed by atoms with E-state index in [0.29, 0.717) is 6.42 Å². The Hall–Kier alpha value is -2.34. The lowest BCUT2D eigenvalue weighted by Crippen LogP contribution is -2.01. The number of nitriles is 1. The van der Waals surface area contributed by atoms with Gasteiger partial charge in [-0.05, 0) is 41.8 Å². The minimum Gasteiger partial charge on any atom is -0.497 e. The lowest BCUT2D eigenvalue weighted by atomic mass is 9.93. The summed E-state index contributed by atoms with van der Waals surface area (Å²) >= 11 is 0. The second-order valence-corrected chi connectivity index (χ2v) is 4.29. The van der Waals surface area contributed by atoms with Crippen LogP contribution >= 0.6 is 0 Å². The third-order valence-corrected chi connectivity index (χ3v) is 3.00. The smallest absolute Gasteiger partial charge is 0.123 e. The Morgan fingerprint density at radius 2 is 1.95 bits per heavy atom. The highest BCUT2D eigenvalue weighted by Crippen LogP contribution is 2.23. The van der Waals surface area contributed by atoms with Crippen molar-refractivity contribution in [3.05, 3.63) is 65.5 Å². The number of hydrogen-bond acceptors (Lipinski definition) is 2. The number of methoxy groups -OCH3 is 1. The summed E-state index contributed by atoms with van der Waals surface area (Å²) < 4.78 is 18.2. The maximum absolute atomic E-state index is 13.1. The molecule has 0 heterocycles. The van der Waals surface area contributed by atoms with E-state index >= 15 is 0 Å². The molecule has 2 nitrogen and oxygen atoms in total.